The van der Waals surface area contributed by atoms with Crippen molar-refractivity contribution >= 4 is 28.6 Å². The van der Waals surface area contributed by atoms with E-state index in [9.17, 15) is 5.11 Å². The van der Waals surface area contributed by atoms with Crippen molar-refractivity contribution in [3.63, 3.8) is 0 Å². The molecule has 2 aliphatic heterocycles. The summed E-state index contributed by atoms with van der Waals surface area (Å²) < 4.78 is 43.1. The average molecular weight is 535 g/mol. The average Bonchev–Trinajstić information content (AvgIpc) is 3.64. The Morgan fingerprint density at radius 2 is 2.05 bits per heavy atom. The van der Waals surface area contributed by atoms with Crippen LogP contribution >= 0.6 is 11.6 Å². The van der Waals surface area contributed by atoms with Gasteiger partial charge >= 0.3 is 0 Å². The van der Waals surface area contributed by atoms with E-state index in [0.29, 0.717) is 66.0 Å². The second kappa shape index (κ2) is 10.2. The predicted molar refractivity (Wildman–Crippen MR) is 132 cm³/mol. The van der Waals surface area contributed by atoms with Gasteiger partial charge in [-0.25, -0.2) is 9.37 Å². The number of aliphatic hydroxyl groups excluding tert-OH is 1. The van der Waals surface area contributed by atoms with Crippen molar-refractivity contribution in [1.29, 1.82) is 0 Å². The van der Waals surface area contributed by atoms with Crippen LogP contribution in [0.4, 0.5) is 10.2 Å². The number of benzene rings is 1. The molecule has 0 saturated carbocycles. The quantitative estimate of drug-likeness (QED) is 0.355. The van der Waals surface area contributed by atoms with Crippen LogP contribution in [0.25, 0.3) is 11.2 Å². The number of halogens is 2. The summed E-state index contributed by atoms with van der Waals surface area (Å²) in [6, 6.07) is 4.96. The van der Waals surface area contributed by atoms with Crippen molar-refractivity contribution in [2.45, 2.75) is 50.2 Å². The Hall–Kier alpha value is -2.70. The Morgan fingerprint density at radius 3 is 2.92 bits per heavy atom. The number of pyridine rings is 1. The largest absolute Gasteiger partial charge is 0.491 e. The second-order valence-corrected chi connectivity index (χ2v) is 9.72. The fourth-order valence-corrected chi connectivity index (χ4v) is 5.39. The number of rotatable bonds is 9. The lowest BCUT2D eigenvalue weighted by Crippen LogP contribution is -2.34. The maximum atomic E-state index is 15.1. The van der Waals surface area contributed by atoms with Crippen LogP contribution in [0.2, 0.25) is 5.02 Å². The third kappa shape index (κ3) is 4.82. The number of ether oxygens (including phenoxy) is 5. The summed E-state index contributed by atoms with van der Waals surface area (Å²) in [6.45, 7) is 3.86. The molecule has 2 fully saturated rings. The Labute approximate surface area is 217 Å². The maximum absolute atomic E-state index is 15.1. The van der Waals surface area contributed by atoms with Crippen molar-refractivity contribution in [1.82, 2.24) is 15.0 Å². The maximum Gasteiger partial charge on any atom is 0.296 e. The summed E-state index contributed by atoms with van der Waals surface area (Å²) in [6.07, 6.45) is -0.421. The van der Waals surface area contributed by atoms with Crippen LogP contribution < -0.4 is 14.8 Å². The summed E-state index contributed by atoms with van der Waals surface area (Å²) >= 11 is 6.52. The lowest BCUT2D eigenvalue weighted by Gasteiger charge is -2.17. The number of H-pyrrole nitrogens is 1. The van der Waals surface area contributed by atoms with E-state index in [-0.39, 0.29) is 37.2 Å². The molecule has 198 valence electrons. The second-order valence-electron chi connectivity index (χ2n) is 9.31. The van der Waals surface area contributed by atoms with Crippen molar-refractivity contribution in [2.24, 2.45) is 0 Å². The van der Waals surface area contributed by atoms with E-state index in [1.54, 1.807) is 6.07 Å². The zero-order chi connectivity index (χ0) is 25.5. The number of anilines is 1. The molecule has 2 unspecified atom stereocenters. The van der Waals surface area contributed by atoms with Gasteiger partial charge in [0.05, 0.1) is 36.4 Å². The predicted octanol–water partition coefficient (Wildman–Crippen LogP) is 3.17. The number of hydrogen-bond acceptors (Lipinski definition) is 9. The summed E-state index contributed by atoms with van der Waals surface area (Å²) in [4.78, 5) is 12.1. The fraction of sp³-hybridized carbons (Fsp3) is 0.520. The number of hydrogen-bond donors (Lipinski definition) is 3. The van der Waals surface area contributed by atoms with Gasteiger partial charge in [0.15, 0.2) is 11.8 Å². The highest BCUT2D eigenvalue weighted by Crippen LogP contribution is 2.39. The van der Waals surface area contributed by atoms with Crippen LogP contribution in [-0.4, -0.2) is 77.5 Å². The number of imidazole rings is 1. The van der Waals surface area contributed by atoms with Gasteiger partial charge in [-0.05, 0) is 37.5 Å². The smallest absolute Gasteiger partial charge is 0.296 e. The van der Waals surface area contributed by atoms with Gasteiger partial charge in [-0.1, -0.05) is 11.6 Å². The first-order valence-corrected chi connectivity index (χ1v) is 12.8. The Morgan fingerprint density at radius 1 is 1.19 bits per heavy atom. The SMILES string of the molecule is CCOCCOc1cc(F)c2c(c1)CC[C@@H]2Nc1nc2nc(O[C@@H]3COC4C3OC[C@H]4O)[nH]c2cc1Cl. The van der Waals surface area contributed by atoms with Crippen LogP contribution in [0, 0.1) is 5.82 Å². The summed E-state index contributed by atoms with van der Waals surface area (Å²) in [5.74, 6) is 0.575. The van der Waals surface area contributed by atoms with Gasteiger partial charge < -0.3 is 39.1 Å². The molecule has 12 heteroatoms. The molecule has 3 N–H and O–H groups in total. The van der Waals surface area contributed by atoms with Crippen molar-refractivity contribution < 1.29 is 33.2 Å². The first-order chi connectivity index (χ1) is 18.0. The molecule has 5 atom stereocenters. The molecule has 6 rings (SSSR count). The summed E-state index contributed by atoms with van der Waals surface area (Å²) in [5, 5.41) is 13.6. The molecule has 0 amide bonds. The lowest BCUT2D eigenvalue weighted by molar-refractivity contribution is 0.00706. The minimum atomic E-state index is -0.659. The van der Waals surface area contributed by atoms with E-state index in [4.69, 9.17) is 35.3 Å². The van der Waals surface area contributed by atoms with Gasteiger partial charge in [0.2, 0.25) is 0 Å². The fourth-order valence-electron chi connectivity index (χ4n) is 5.19. The van der Waals surface area contributed by atoms with Crippen molar-refractivity contribution in [3.8, 4) is 11.8 Å². The van der Waals surface area contributed by atoms with Crippen LogP contribution in [0.15, 0.2) is 18.2 Å². The Balaban J connectivity index is 1.16. The van der Waals surface area contributed by atoms with Gasteiger partial charge in [0.1, 0.15) is 42.3 Å². The van der Waals surface area contributed by atoms with Crippen molar-refractivity contribution in [2.75, 3.05) is 38.4 Å². The first-order valence-electron chi connectivity index (χ1n) is 12.4. The molecule has 1 aliphatic carbocycles. The molecule has 2 saturated heterocycles. The summed E-state index contributed by atoms with van der Waals surface area (Å²) in [7, 11) is 0. The number of aryl methyl sites for hydroxylation is 1. The van der Waals surface area contributed by atoms with Gasteiger partial charge in [-0.3, -0.25) is 0 Å². The number of nitrogens with zero attached hydrogens (tertiary/aromatic N) is 2. The van der Waals surface area contributed by atoms with Crippen LogP contribution in [0.3, 0.4) is 0 Å². The number of aliphatic hydroxyl groups is 1. The van der Waals surface area contributed by atoms with E-state index >= 15 is 4.39 Å². The molecule has 0 spiro atoms. The molecule has 10 nitrogen and oxygen atoms in total. The zero-order valence-corrected chi connectivity index (χ0v) is 21.0. The molecule has 1 aromatic carbocycles. The standard InChI is InChI=1S/C25H28ClFN4O6/c1-2-33-5-6-34-13-7-12-3-4-16(20(12)15(27)8-13)28-23-14(26)9-17-24(30-23)31-25(29-17)37-19-11-36-21-18(32)10-35-22(19)21/h7-9,16,18-19,21-22,32H,2-6,10-11H2,1H3,(H2,28,29,30,31)/t16-,18+,19+,21?,22?/m0/s1. The highest BCUT2D eigenvalue weighted by atomic mass is 35.5. The van der Waals surface area contributed by atoms with E-state index in [1.807, 2.05) is 13.0 Å². The number of aromatic nitrogens is 3. The van der Waals surface area contributed by atoms with E-state index in [0.717, 1.165) is 5.56 Å². The molecule has 3 aliphatic rings. The monoisotopic (exact) mass is 534 g/mol. The third-order valence-corrected chi connectivity index (χ3v) is 7.19. The molecule has 4 heterocycles. The van der Waals surface area contributed by atoms with E-state index < -0.39 is 18.3 Å². The highest BCUT2D eigenvalue weighted by Gasteiger charge is 2.48. The summed E-state index contributed by atoms with van der Waals surface area (Å²) in [5.41, 5.74) is 2.49. The normalized spacial score (nSPS) is 26.4. The topological polar surface area (TPSA) is 120 Å². The molecule has 3 aromatic rings. The van der Waals surface area contributed by atoms with Crippen LogP contribution in [0.5, 0.6) is 11.8 Å². The molecule has 0 radical (unpaired) electrons. The molecule has 2 aromatic heterocycles. The van der Waals surface area contributed by atoms with Crippen LogP contribution in [-0.2, 0) is 20.6 Å². The van der Waals surface area contributed by atoms with Gasteiger partial charge in [0, 0.05) is 18.2 Å². The van der Waals surface area contributed by atoms with Crippen LogP contribution in [0.1, 0.15) is 30.5 Å². The molecular weight excluding hydrogens is 507 g/mol. The van der Waals surface area contributed by atoms with Gasteiger partial charge in [0.25, 0.3) is 6.01 Å². The van der Waals surface area contributed by atoms with E-state index in [1.165, 1.54) is 6.07 Å². The van der Waals surface area contributed by atoms with E-state index in [2.05, 4.69) is 20.3 Å². The molecular formula is C25H28ClFN4O6. The Bertz CT molecular complexity index is 1290. The first kappa shape index (κ1) is 24.6. The number of aromatic amines is 1. The minimum absolute atomic E-state index is 0.217. The van der Waals surface area contributed by atoms with Gasteiger partial charge in [-0.15, -0.1) is 0 Å². The Kier molecular flexibility index (Phi) is 6.80. The number of nitrogens with one attached hydrogen (secondary N) is 2. The zero-order valence-electron chi connectivity index (χ0n) is 20.2. The highest BCUT2D eigenvalue weighted by molar-refractivity contribution is 6.33. The van der Waals surface area contributed by atoms with Crippen molar-refractivity contribution in [3.05, 3.63) is 40.2 Å². The lowest BCUT2D eigenvalue weighted by atomic mass is 10.1. The van der Waals surface area contributed by atoms with Gasteiger partial charge in [-0.2, -0.15) is 4.98 Å². The molecule has 37 heavy (non-hydrogen) atoms. The molecule has 0 bridgehead atoms. The third-order valence-electron chi connectivity index (χ3n) is 6.90. The number of fused-ring (bicyclic) bond motifs is 3. The minimum Gasteiger partial charge on any atom is -0.491 e.